The van der Waals surface area contributed by atoms with Gasteiger partial charge in [-0.05, 0) is 24.1 Å². The fourth-order valence-corrected chi connectivity index (χ4v) is 6.18. The number of fused-ring (bicyclic) bond motifs is 4. The van der Waals surface area contributed by atoms with E-state index in [1.807, 2.05) is 31.2 Å². The van der Waals surface area contributed by atoms with E-state index in [0.29, 0.717) is 19.4 Å². The number of esters is 1. The summed E-state index contributed by atoms with van der Waals surface area (Å²) in [6.07, 6.45) is 2.97. The van der Waals surface area contributed by atoms with E-state index in [9.17, 15) is 15.1 Å². The SMILES string of the molecule is C/C=C1/C[N+]2([O-])[C@H]3C[C@@H]1[C@](CO)(C(=O)OC)[C@@H]2Cc1c3[nH]c2ccccc12. The Morgan fingerprint density at radius 2 is 2.26 bits per heavy atom. The number of allylic oxidation sites excluding steroid dienone is 1. The van der Waals surface area contributed by atoms with Crippen LogP contribution in [-0.4, -0.2) is 47.0 Å². The number of nitrogens with one attached hydrogen (secondary N) is 1. The van der Waals surface area contributed by atoms with Crippen LogP contribution in [0.3, 0.4) is 0 Å². The number of carbonyl (C=O) groups excluding carboxylic acids is 1. The molecule has 27 heavy (non-hydrogen) atoms. The lowest BCUT2D eigenvalue weighted by atomic mass is 9.54. The fraction of sp³-hybridized carbons (Fsp3) is 0.476. The zero-order valence-electron chi connectivity index (χ0n) is 15.6. The predicted octanol–water partition coefficient (Wildman–Crippen LogP) is 2.58. The van der Waals surface area contributed by atoms with E-state index in [1.165, 1.54) is 7.11 Å². The number of aromatic nitrogens is 1. The lowest BCUT2D eigenvalue weighted by Crippen LogP contribution is -2.76. The maximum absolute atomic E-state index is 14.2. The number of nitrogens with zero attached hydrogens (tertiary/aromatic N) is 1. The van der Waals surface area contributed by atoms with Gasteiger partial charge in [-0.3, -0.25) is 4.79 Å². The number of para-hydroxylation sites is 1. The van der Waals surface area contributed by atoms with Gasteiger partial charge >= 0.3 is 5.97 Å². The summed E-state index contributed by atoms with van der Waals surface area (Å²) in [7, 11) is 1.35. The van der Waals surface area contributed by atoms with Crippen LogP contribution >= 0.6 is 0 Å². The topological polar surface area (TPSA) is 85.4 Å². The van der Waals surface area contributed by atoms with E-state index in [0.717, 1.165) is 27.7 Å². The van der Waals surface area contributed by atoms with Crippen molar-refractivity contribution in [2.24, 2.45) is 11.3 Å². The number of piperidine rings is 3. The first-order chi connectivity index (χ1) is 13.0. The molecule has 142 valence electrons. The number of rotatable bonds is 2. The first-order valence-electron chi connectivity index (χ1n) is 9.53. The molecule has 0 spiro atoms. The standard InChI is InChI=1S/C21H24N2O4/c1-3-12-10-23(26)17-9-15(12)21(11-24,20(25)27-2)18(23)8-14-13-6-4-5-7-16(13)22-19(14)17/h3-7,15,17-18,22,24H,8-11H2,1-2H3/b12-3-/t15-,17-,18-,21-,23?/m0/s1. The van der Waals surface area contributed by atoms with Gasteiger partial charge in [-0.25, -0.2) is 0 Å². The fourth-order valence-electron chi connectivity index (χ4n) is 6.18. The molecule has 1 unspecified atom stereocenters. The number of aromatic amines is 1. The Labute approximate surface area is 157 Å². The molecule has 5 atom stereocenters. The number of carbonyl (C=O) groups is 1. The van der Waals surface area contributed by atoms with Crippen LogP contribution in [0.4, 0.5) is 0 Å². The van der Waals surface area contributed by atoms with Gasteiger partial charge in [0.15, 0.2) is 0 Å². The third-order valence-electron chi connectivity index (χ3n) is 7.38. The Balaban J connectivity index is 1.78. The van der Waals surface area contributed by atoms with Crippen LogP contribution in [0.2, 0.25) is 0 Å². The van der Waals surface area contributed by atoms with Gasteiger partial charge in [-0.1, -0.05) is 24.3 Å². The average molecular weight is 368 g/mol. The Morgan fingerprint density at radius 1 is 1.48 bits per heavy atom. The number of hydroxylamine groups is 3. The molecule has 4 bridgehead atoms. The van der Waals surface area contributed by atoms with Crippen molar-refractivity contribution in [2.45, 2.75) is 31.8 Å². The zero-order valence-corrected chi connectivity index (χ0v) is 15.6. The Hall–Kier alpha value is -2.15. The molecule has 0 aliphatic carbocycles. The average Bonchev–Trinajstić information content (AvgIpc) is 3.05. The minimum atomic E-state index is -1.18. The van der Waals surface area contributed by atoms with Crippen molar-refractivity contribution in [1.82, 2.24) is 4.98 Å². The van der Waals surface area contributed by atoms with Gasteiger partial charge in [0.2, 0.25) is 0 Å². The second-order valence-electron chi connectivity index (χ2n) is 8.15. The summed E-state index contributed by atoms with van der Waals surface area (Å²) in [6, 6.07) is 7.29. The first-order valence-corrected chi connectivity index (χ1v) is 9.53. The predicted molar refractivity (Wildman–Crippen MR) is 100 cm³/mol. The number of aliphatic hydroxyl groups is 1. The van der Waals surface area contributed by atoms with E-state index < -0.39 is 22.1 Å². The van der Waals surface area contributed by atoms with E-state index in [2.05, 4.69) is 11.1 Å². The van der Waals surface area contributed by atoms with Crippen molar-refractivity contribution >= 4 is 16.9 Å². The summed E-state index contributed by atoms with van der Waals surface area (Å²) in [4.78, 5) is 16.5. The second-order valence-corrected chi connectivity index (χ2v) is 8.15. The highest BCUT2D eigenvalue weighted by Crippen LogP contribution is 2.63. The zero-order chi connectivity index (χ0) is 19.0. The first kappa shape index (κ1) is 17.0. The molecular weight excluding hydrogens is 344 g/mol. The molecule has 6 rings (SSSR count). The lowest BCUT2D eigenvalue weighted by Gasteiger charge is -2.69. The molecule has 4 aliphatic rings. The second kappa shape index (κ2) is 5.44. The molecule has 3 fully saturated rings. The van der Waals surface area contributed by atoms with Crippen LogP contribution in [0.5, 0.6) is 0 Å². The van der Waals surface area contributed by atoms with Crippen LogP contribution in [-0.2, 0) is 16.0 Å². The van der Waals surface area contributed by atoms with E-state index in [-0.39, 0.29) is 18.6 Å². The third kappa shape index (κ3) is 1.83. The Bertz CT molecular complexity index is 980. The van der Waals surface area contributed by atoms with Crippen molar-refractivity contribution in [3.05, 3.63) is 52.4 Å². The molecule has 5 heterocycles. The van der Waals surface area contributed by atoms with Gasteiger partial charge in [-0.2, -0.15) is 0 Å². The smallest absolute Gasteiger partial charge is 0.320 e. The van der Waals surface area contributed by atoms with E-state index in [4.69, 9.17) is 4.74 Å². The summed E-state index contributed by atoms with van der Waals surface area (Å²) < 4.78 is 4.66. The van der Waals surface area contributed by atoms with Crippen LogP contribution in [0, 0.1) is 16.5 Å². The van der Waals surface area contributed by atoms with Gasteiger partial charge in [0.1, 0.15) is 24.0 Å². The number of quaternary nitrogens is 1. The molecule has 2 N–H and O–H groups in total. The number of methoxy groups -OCH3 is 1. The molecular formula is C21H24N2O4. The monoisotopic (exact) mass is 368 g/mol. The molecule has 1 aromatic carbocycles. The molecule has 6 heteroatoms. The lowest BCUT2D eigenvalue weighted by molar-refractivity contribution is -0.955. The minimum absolute atomic E-state index is 0.163. The highest BCUT2D eigenvalue weighted by Gasteiger charge is 2.70. The van der Waals surface area contributed by atoms with Crippen molar-refractivity contribution < 1.29 is 19.3 Å². The van der Waals surface area contributed by atoms with Gasteiger partial charge in [0.05, 0.1) is 19.4 Å². The van der Waals surface area contributed by atoms with Crippen molar-refractivity contribution in [3.8, 4) is 0 Å². The van der Waals surface area contributed by atoms with Gasteiger partial charge < -0.3 is 24.7 Å². The molecule has 2 aromatic rings. The number of benzene rings is 1. The molecule has 6 nitrogen and oxygen atoms in total. The Kier molecular flexibility index (Phi) is 3.42. The summed E-state index contributed by atoms with van der Waals surface area (Å²) in [5, 5.41) is 25.8. The van der Waals surface area contributed by atoms with Crippen LogP contribution in [0.15, 0.2) is 35.9 Å². The summed E-state index contributed by atoms with van der Waals surface area (Å²) in [5.74, 6) is -0.623. The molecule has 0 saturated carbocycles. The quantitative estimate of drug-likeness (QED) is 0.369. The number of hydrogen-bond acceptors (Lipinski definition) is 4. The Morgan fingerprint density at radius 3 is 2.96 bits per heavy atom. The molecule has 1 aromatic heterocycles. The third-order valence-corrected chi connectivity index (χ3v) is 7.38. The molecule has 4 aliphatic heterocycles. The molecule has 0 amide bonds. The molecule has 3 saturated heterocycles. The largest absolute Gasteiger partial charge is 0.632 e. The van der Waals surface area contributed by atoms with Crippen LogP contribution in [0.25, 0.3) is 10.9 Å². The number of ether oxygens (including phenoxy) is 1. The summed E-state index contributed by atoms with van der Waals surface area (Å²) >= 11 is 0. The number of aliphatic hydroxyl groups excluding tert-OH is 1. The van der Waals surface area contributed by atoms with Gasteiger partial charge in [-0.15, -0.1) is 0 Å². The maximum atomic E-state index is 14.2. The van der Waals surface area contributed by atoms with E-state index in [1.54, 1.807) is 0 Å². The van der Waals surface area contributed by atoms with Crippen molar-refractivity contribution in [2.75, 3.05) is 20.3 Å². The van der Waals surface area contributed by atoms with Crippen molar-refractivity contribution in [3.63, 3.8) is 0 Å². The number of hydrogen-bond donors (Lipinski definition) is 2. The highest BCUT2D eigenvalue weighted by molar-refractivity contribution is 5.86. The van der Waals surface area contributed by atoms with Crippen LogP contribution < -0.4 is 0 Å². The van der Waals surface area contributed by atoms with Gasteiger partial charge in [0.25, 0.3) is 0 Å². The number of H-pyrrole nitrogens is 1. The highest BCUT2D eigenvalue weighted by atomic mass is 16.6. The maximum Gasteiger partial charge on any atom is 0.320 e. The summed E-state index contributed by atoms with van der Waals surface area (Å²) in [6.45, 7) is 1.93. The van der Waals surface area contributed by atoms with Crippen LogP contribution in [0.1, 0.15) is 30.6 Å². The molecule has 0 radical (unpaired) electrons. The van der Waals surface area contributed by atoms with Crippen molar-refractivity contribution in [1.29, 1.82) is 0 Å². The van der Waals surface area contributed by atoms with Gasteiger partial charge in [0, 0.05) is 29.7 Å². The minimum Gasteiger partial charge on any atom is -0.632 e. The normalized spacial score (nSPS) is 38.2. The summed E-state index contributed by atoms with van der Waals surface area (Å²) in [5.41, 5.74) is 2.95. The van der Waals surface area contributed by atoms with E-state index >= 15 is 0 Å².